The Bertz CT molecular complexity index is 664. The first-order valence-corrected chi connectivity index (χ1v) is 8.36. The van der Waals surface area contributed by atoms with E-state index in [0.29, 0.717) is 6.54 Å². The maximum absolute atomic E-state index is 12.3. The highest BCUT2D eigenvalue weighted by atomic mass is 32.2. The van der Waals surface area contributed by atoms with E-state index in [9.17, 15) is 18.0 Å². The van der Waals surface area contributed by atoms with E-state index >= 15 is 0 Å². The second kappa shape index (κ2) is 5.85. The Hall–Kier alpha value is -1.89. The fraction of sp³-hybridized carbons (Fsp3) is 0.429. The van der Waals surface area contributed by atoms with Gasteiger partial charge in [-0.2, -0.15) is 0 Å². The Balaban J connectivity index is 2.26. The monoisotopic (exact) mass is 311 g/mol. The lowest BCUT2D eigenvalue weighted by Gasteiger charge is -2.20. The van der Waals surface area contributed by atoms with Crippen molar-refractivity contribution in [1.29, 1.82) is 0 Å². The van der Waals surface area contributed by atoms with Crippen LogP contribution in [0.4, 0.5) is 0 Å². The predicted octanol–water partition coefficient (Wildman–Crippen LogP) is 1.17. The van der Waals surface area contributed by atoms with Crippen molar-refractivity contribution in [3.63, 3.8) is 0 Å². The van der Waals surface area contributed by atoms with Crippen LogP contribution < -0.4 is 0 Å². The number of rotatable bonds is 6. The van der Waals surface area contributed by atoms with Crippen LogP contribution in [0.15, 0.2) is 29.2 Å². The van der Waals surface area contributed by atoms with Crippen molar-refractivity contribution in [2.24, 2.45) is 0 Å². The molecule has 0 atom stereocenters. The molecule has 0 unspecified atom stereocenters. The molecule has 2 rings (SSSR count). The Labute approximate surface area is 123 Å². The molecule has 0 aliphatic heterocycles. The van der Waals surface area contributed by atoms with Gasteiger partial charge in [0.25, 0.3) is 0 Å². The van der Waals surface area contributed by atoms with Crippen LogP contribution in [0.3, 0.4) is 0 Å². The van der Waals surface area contributed by atoms with Crippen LogP contribution in [0.1, 0.15) is 30.1 Å². The van der Waals surface area contributed by atoms with Gasteiger partial charge in [-0.3, -0.25) is 4.79 Å². The number of sulfone groups is 1. The zero-order valence-corrected chi connectivity index (χ0v) is 12.5. The van der Waals surface area contributed by atoms with Crippen molar-refractivity contribution in [2.45, 2.75) is 30.7 Å². The van der Waals surface area contributed by atoms with Crippen molar-refractivity contribution in [2.75, 3.05) is 12.3 Å². The molecule has 1 amide bonds. The Morgan fingerprint density at radius 1 is 1.29 bits per heavy atom. The van der Waals surface area contributed by atoms with Gasteiger partial charge in [-0.25, -0.2) is 13.2 Å². The highest BCUT2D eigenvalue weighted by Gasteiger charge is 2.34. The van der Waals surface area contributed by atoms with Crippen molar-refractivity contribution in [3.8, 4) is 0 Å². The first kappa shape index (κ1) is 15.5. The summed E-state index contributed by atoms with van der Waals surface area (Å²) >= 11 is 0. The number of benzene rings is 1. The molecule has 0 aromatic heterocycles. The van der Waals surface area contributed by atoms with Crippen molar-refractivity contribution >= 4 is 21.7 Å². The molecular weight excluding hydrogens is 294 g/mol. The molecule has 0 heterocycles. The van der Waals surface area contributed by atoms with E-state index in [2.05, 4.69) is 0 Å². The lowest BCUT2D eigenvalue weighted by Crippen LogP contribution is -2.37. The van der Waals surface area contributed by atoms with Gasteiger partial charge in [-0.15, -0.1) is 0 Å². The van der Waals surface area contributed by atoms with Gasteiger partial charge in [0.2, 0.25) is 5.91 Å². The summed E-state index contributed by atoms with van der Waals surface area (Å²) < 4.78 is 24.6. The van der Waals surface area contributed by atoms with Crippen LogP contribution >= 0.6 is 0 Å². The molecule has 7 heteroatoms. The molecule has 0 saturated heterocycles. The molecule has 1 aromatic rings. The smallest absolute Gasteiger partial charge is 0.337 e. The largest absolute Gasteiger partial charge is 0.478 e. The minimum atomic E-state index is -3.97. The summed E-state index contributed by atoms with van der Waals surface area (Å²) in [4.78, 5) is 24.5. The third-order valence-corrected chi connectivity index (χ3v) is 5.07. The van der Waals surface area contributed by atoms with Crippen LogP contribution in [0.5, 0.6) is 0 Å². The fourth-order valence-corrected chi connectivity index (χ4v) is 3.68. The van der Waals surface area contributed by atoms with E-state index in [0.717, 1.165) is 12.8 Å². The summed E-state index contributed by atoms with van der Waals surface area (Å²) in [5, 5.41) is 9.06. The van der Waals surface area contributed by atoms with Crippen molar-refractivity contribution in [3.05, 3.63) is 29.8 Å². The third-order valence-electron chi connectivity index (χ3n) is 3.41. The number of hydrogen-bond donors (Lipinski definition) is 1. The second-order valence-electron chi connectivity index (χ2n) is 4.97. The Morgan fingerprint density at radius 3 is 2.43 bits per heavy atom. The van der Waals surface area contributed by atoms with Crippen molar-refractivity contribution in [1.82, 2.24) is 4.90 Å². The molecule has 1 aromatic carbocycles. The first-order chi connectivity index (χ1) is 9.86. The number of nitrogens with zero attached hydrogens (tertiary/aromatic N) is 1. The normalized spacial score (nSPS) is 14.7. The topological polar surface area (TPSA) is 91.8 Å². The molecule has 0 spiro atoms. The molecule has 0 bridgehead atoms. The van der Waals surface area contributed by atoms with Gasteiger partial charge in [0.05, 0.1) is 10.5 Å². The van der Waals surface area contributed by atoms with Crippen LogP contribution in [-0.2, 0) is 14.6 Å². The summed E-state index contributed by atoms with van der Waals surface area (Å²) in [5.74, 6) is -2.49. The SMILES string of the molecule is CCN(C(=O)CS(=O)(=O)c1ccccc1C(=O)O)C1CC1. The lowest BCUT2D eigenvalue weighted by molar-refractivity contribution is -0.128. The lowest BCUT2D eigenvalue weighted by atomic mass is 10.2. The van der Waals surface area contributed by atoms with Gasteiger partial charge in [-0.1, -0.05) is 12.1 Å². The molecule has 0 radical (unpaired) electrons. The van der Waals surface area contributed by atoms with E-state index in [1.54, 1.807) is 11.8 Å². The maximum Gasteiger partial charge on any atom is 0.337 e. The van der Waals surface area contributed by atoms with E-state index in [4.69, 9.17) is 5.11 Å². The van der Waals surface area contributed by atoms with Crippen LogP contribution in [0.25, 0.3) is 0 Å². The summed E-state index contributed by atoms with van der Waals surface area (Å²) in [6.45, 7) is 2.26. The minimum Gasteiger partial charge on any atom is -0.478 e. The average Bonchev–Trinajstić information content (AvgIpc) is 3.23. The zero-order chi connectivity index (χ0) is 15.6. The molecule has 1 aliphatic rings. The minimum absolute atomic E-state index is 0.132. The Kier molecular flexibility index (Phi) is 4.32. The second-order valence-corrected chi connectivity index (χ2v) is 6.93. The Morgan fingerprint density at radius 2 is 1.90 bits per heavy atom. The van der Waals surface area contributed by atoms with E-state index in [1.807, 2.05) is 0 Å². The van der Waals surface area contributed by atoms with Crippen LogP contribution in [0, 0.1) is 0 Å². The number of carboxylic acids is 1. The van der Waals surface area contributed by atoms with Gasteiger partial charge in [-0.05, 0) is 31.9 Å². The van der Waals surface area contributed by atoms with E-state index in [-0.39, 0.29) is 16.5 Å². The van der Waals surface area contributed by atoms with Crippen LogP contribution in [0.2, 0.25) is 0 Å². The van der Waals surface area contributed by atoms with Gasteiger partial charge in [0, 0.05) is 12.6 Å². The van der Waals surface area contributed by atoms with Crippen LogP contribution in [-0.4, -0.2) is 48.6 Å². The molecule has 114 valence electrons. The molecule has 1 saturated carbocycles. The van der Waals surface area contributed by atoms with E-state index < -0.39 is 27.5 Å². The number of aromatic carboxylic acids is 1. The molecule has 21 heavy (non-hydrogen) atoms. The quantitative estimate of drug-likeness (QED) is 0.851. The van der Waals surface area contributed by atoms with Gasteiger partial charge in [0.1, 0.15) is 5.75 Å². The predicted molar refractivity (Wildman–Crippen MR) is 75.9 cm³/mol. The number of carboxylic acid groups (broad SMARTS) is 1. The first-order valence-electron chi connectivity index (χ1n) is 6.71. The van der Waals surface area contributed by atoms with Gasteiger partial charge in [0.15, 0.2) is 9.84 Å². The van der Waals surface area contributed by atoms with E-state index in [1.165, 1.54) is 24.3 Å². The third kappa shape index (κ3) is 3.41. The number of carbonyl (C=O) groups excluding carboxylic acids is 1. The number of carbonyl (C=O) groups is 2. The number of amides is 1. The standard InChI is InChI=1S/C14H17NO5S/c1-2-15(10-7-8-10)13(16)9-21(19,20)12-6-4-3-5-11(12)14(17)18/h3-6,10H,2,7-9H2,1H3,(H,17,18). The average molecular weight is 311 g/mol. The molecule has 1 aliphatic carbocycles. The molecule has 6 nitrogen and oxygen atoms in total. The van der Waals surface area contributed by atoms with Gasteiger partial charge >= 0.3 is 5.97 Å². The maximum atomic E-state index is 12.3. The molecule has 1 N–H and O–H groups in total. The summed E-state index contributed by atoms with van der Waals surface area (Å²) in [6.07, 6.45) is 1.79. The number of hydrogen-bond acceptors (Lipinski definition) is 4. The highest BCUT2D eigenvalue weighted by Crippen LogP contribution is 2.27. The fourth-order valence-electron chi connectivity index (χ4n) is 2.26. The van der Waals surface area contributed by atoms with Crippen molar-refractivity contribution < 1.29 is 23.1 Å². The summed E-state index contributed by atoms with van der Waals surface area (Å²) in [5.41, 5.74) is -0.306. The summed E-state index contributed by atoms with van der Waals surface area (Å²) in [6, 6.07) is 5.47. The molecular formula is C14H17NO5S. The highest BCUT2D eigenvalue weighted by molar-refractivity contribution is 7.92. The summed E-state index contributed by atoms with van der Waals surface area (Å²) in [7, 11) is -3.97. The van der Waals surface area contributed by atoms with Gasteiger partial charge < -0.3 is 10.0 Å². The molecule has 1 fully saturated rings. The zero-order valence-electron chi connectivity index (χ0n) is 11.7.